The highest BCUT2D eigenvalue weighted by molar-refractivity contribution is 5.42. The van der Waals surface area contributed by atoms with Crippen molar-refractivity contribution in [1.82, 2.24) is 0 Å². The van der Waals surface area contributed by atoms with E-state index in [1.165, 1.54) is 12.1 Å². The molecule has 0 unspecified atom stereocenters. The number of hydrogen-bond donors (Lipinski definition) is 0. The average molecular weight is 143 g/mol. The van der Waals surface area contributed by atoms with Crippen LogP contribution in [0.1, 0.15) is 5.56 Å². The van der Waals surface area contributed by atoms with Gasteiger partial charge in [0.2, 0.25) is 0 Å². The molecule has 0 atom stereocenters. The fourth-order valence-electron chi connectivity index (χ4n) is 0.657. The molecule has 0 saturated heterocycles. The molecule has 54 valence electrons. The van der Waals surface area contributed by atoms with Gasteiger partial charge in [0.25, 0.3) is 0 Å². The maximum atomic E-state index is 11.7. The van der Waals surface area contributed by atoms with Crippen molar-refractivity contribution in [3.63, 3.8) is 0 Å². The lowest BCUT2D eigenvalue weighted by atomic mass is 10.2. The van der Waals surface area contributed by atoms with Gasteiger partial charge in [-0.15, -0.1) is 0 Å². The molecule has 0 fully saturated rings. The quantitative estimate of drug-likeness (QED) is 0.546. The summed E-state index contributed by atoms with van der Waals surface area (Å²) in [7, 11) is 0. The monoisotopic (exact) mass is 143 g/mol. The van der Waals surface area contributed by atoms with Crippen molar-refractivity contribution < 1.29 is 8.96 Å². The fraction of sp³-hybridized carbons (Fsp3) is 0.143. The summed E-state index contributed by atoms with van der Waals surface area (Å²) in [5, 5.41) is -0.903. The van der Waals surface area contributed by atoms with E-state index >= 15 is 0 Å². The largest absolute Gasteiger partial charge is 0.105 e. The van der Waals surface area contributed by atoms with Crippen LogP contribution in [-0.4, -0.2) is 0 Å². The third-order valence-electron chi connectivity index (χ3n) is 1.23. The number of nitrogens with zero attached hydrogens (tertiary/aromatic N) is 1. The molecule has 0 heterocycles. The van der Waals surface area contributed by atoms with E-state index in [0.717, 1.165) is 5.56 Å². The summed E-state index contributed by atoms with van der Waals surface area (Å²) >= 11 is 0. The minimum atomic E-state index is -0.903. The molecule has 1 nitrogen and oxygen atoms in total. The van der Waals surface area contributed by atoms with E-state index in [9.17, 15) is 8.96 Å². The number of aryl methyl sites for hydroxylation is 1. The first-order chi connectivity index (χ1) is 4.70. The van der Waals surface area contributed by atoms with Crippen LogP contribution < -0.4 is 5.34 Å². The Morgan fingerprint density at radius 1 is 1.10 bits per heavy atom. The van der Waals surface area contributed by atoms with Crippen LogP contribution in [0.5, 0.6) is 0 Å². The Hall–Kier alpha value is -1.12. The van der Waals surface area contributed by atoms with E-state index in [1.807, 2.05) is 6.92 Å². The van der Waals surface area contributed by atoms with Gasteiger partial charge in [-0.2, -0.15) is 0 Å². The second kappa shape index (κ2) is 2.64. The van der Waals surface area contributed by atoms with Crippen LogP contribution in [-0.2, 0) is 0 Å². The van der Waals surface area contributed by atoms with Crippen LogP contribution in [0, 0.1) is 6.92 Å². The Kier molecular flexibility index (Phi) is 1.85. The summed E-state index contributed by atoms with van der Waals surface area (Å²) in [5.41, 5.74) is 0.899. The Morgan fingerprint density at radius 2 is 1.60 bits per heavy atom. The van der Waals surface area contributed by atoms with Gasteiger partial charge < -0.3 is 0 Å². The van der Waals surface area contributed by atoms with Gasteiger partial charge in [-0.1, -0.05) is 26.7 Å². The van der Waals surface area contributed by atoms with E-state index in [1.54, 1.807) is 12.1 Å². The Bertz CT molecular complexity index is 205. The SMILES string of the molecule is Cc1ccc(N(F)F)cc1. The molecule has 0 bridgehead atoms. The van der Waals surface area contributed by atoms with Gasteiger partial charge >= 0.3 is 0 Å². The second-order valence-electron chi connectivity index (χ2n) is 2.07. The maximum absolute atomic E-state index is 11.7. The number of rotatable bonds is 1. The van der Waals surface area contributed by atoms with Gasteiger partial charge in [-0.05, 0) is 24.4 Å². The molecule has 1 aromatic rings. The molecule has 1 rings (SSSR count). The highest BCUT2D eigenvalue weighted by Crippen LogP contribution is 2.14. The van der Waals surface area contributed by atoms with Crippen molar-refractivity contribution >= 4 is 5.69 Å². The van der Waals surface area contributed by atoms with Crippen LogP contribution in [0.4, 0.5) is 14.6 Å². The maximum Gasteiger partial charge on any atom is 0.105 e. The molecular formula is C7H7F2N. The average Bonchev–Trinajstić information content (AvgIpc) is 1.88. The molecule has 3 heteroatoms. The lowest BCUT2D eigenvalue weighted by molar-refractivity contribution is 0.235. The van der Waals surface area contributed by atoms with Gasteiger partial charge in [0, 0.05) is 0 Å². The molecule has 0 aliphatic rings. The zero-order valence-electron chi connectivity index (χ0n) is 5.51. The Morgan fingerprint density at radius 3 is 2.00 bits per heavy atom. The van der Waals surface area contributed by atoms with Gasteiger partial charge in [0.1, 0.15) is 5.69 Å². The molecule has 10 heavy (non-hydrogen) atoms. The van der Waals surface area contributed by atoms with E-state index in [-0.39, 0.29) is 5.69 Å². The first-order valence-corrected chi connectivity index (χ1v) is 2.88. The van der Waals surface area contributed by atoms with Crippen molar-refractivity contribution in [2.45, 2.75) is 6.92 Å². The van der Waals surface area contributed by atoms with Crippen LogP contribution in [0.25, 0.3) is 0 Å². The molecule has 0 saturated carbocycles. The van der Waals surface area contributed by atoms with Crippen molar-refractivity contribution in [2.75, 3.05) is 5.34 Å². The van der Waals surface area contributed by atoms with Crippen molar-refractivity contribution in [3.8, 4) is 0 Å². The second-order valence-corrected chi connectivity index (χ2v) is 2.07. The normalized spacial score (nSPS) is 9.50. The summed E-state index contributed by atoms with van der Waals surface area (Å²) in [4.78, 5) is 0. The highest BCUT2D eigenvalue weighted by Gasteiger charge is 1.99. The highest BCUT2D eigenvalue weighted by atomic mass is 19.4. The topological polar surface area (TPSA) is 3.24 Å². The molecule has 0 spiro atoms. The van der Waals surface area contributed by atoms with Crippen molar-refractivity contribution in [3.05, 3.63) is 29.8 Å². The molecule has 0 aromatic heterocycles. The van der Waals surface area contributed by atoms with Crippen molar-refractivity contribution in [1.29, 1.82) is 0 Å². The first-order valence-electron chi connectivity index (χ1n) is 2.88. The third-order valence-corrected chi connectivity index (χ3v) is 1.23. The smallest absolute Gasteiger partial charge is 0.0666 e. The number of benzene rings is 1. The Labute approximate surface area is 57.8 Å². The zero-order valence-corrected chi connectivity index (χ0v) is 5.51. The summed E-state index contributed by atoms with van der Waals surface area (Å²) < 4.78 is 23.5. The van der Waals surface area contributed by atoms with E-state index in [4.69, 9.17) is 0 Å². The molecule has 1 aromatic carbocycles. The van der Waals surface area contributed by atoms with E-state index < -0.39 is 5.34 Å². The molecule has 0 N–H and O–H groups in total. The summed E-state index contributed by atoms with van der Waals surface area (Å²) in [6.07, 6.45) is 0. The number of hydrogen-bond acceptors (Lipinski definition) is 1. The lowest BCUT2D eigenvalue weighted by Gasteiger charge is -2.00. The summed E-state index contributed by atoms with van der Waals surface area (Å²) in [6, 6.07) is 6.02. The zero-order chi connectivity index (χ0) is 7.56. The summed E-state index contributed by atoms with van der Waals surface area (Å²) in [6.45, 7) is 1.85. The lowest BCUT2D eigenvalue weighted by Crippen LogP contribution is -1.94. The standard InChI is InChI=1S/C7H7F2N/c1-6-2-4-7(5-3-6)10(8)9/h2-5H,1H3. The van der Waals surface area contributed by atoms with Crippen LogP contribution in [0.15, 0.2) is 24.3 Å². The van der Waals surface area contributed by atoms with E-state index in [0.29, 0.717) is 0 Å². The summed E-state index contributed by atoms with van der Waals surface area (Å²) in [5.74, 6) is 0. The predicted molar refractivity (Wildman–Crippen MR) is 35.9 cm³/mol. The van der Waals surface area contributed by atoms with Crippen molar-refractivity contribution in [2.24, 2.45) is 0 Å². The molecule has 0 radical (unpaired) electrons. The first kappa shape index (κ1) is 6.99. The third kappa shape index (κ3) is 1.43. The Balaban J connectivity index is 2.89. The van der Waals surface area contributed by atoms with Gasteiger partial charge in [0.15, 0.2) is 0 Å². The number of anilines is 1. The molecule has 0 aliphatic carbocycles. The van der Waals surface area contributed by atoms with Gasteiger partial charge in [-0.3, -0.25) is 0 Å². The van der Waals surface area contributed by atoms with Crippen LogP contribution in [0.3, 0.4) is 0 Å². The molecular weight excluding hydrogens is 136 g/mol. The van der Waals surface area contributed by atoms with Crippen LogP contribution >= 0.6 is 0 Å². The minimum Gasteiger partial charge on any atom is -0.0666 e. The minimum absolute atomic E-state index is 0.0781. The van der Waals surface area contributed by atoms with Gasteiger partial charge in [0.05, 0.1) is 0 Å². The molecule has 0 aliphatic heterocycles. The predicted octanol–water partition coefficient (Wildman–Crippen LogP) is 2.57. The fourth-order valence-corrected chi connectivity index (χ4v) is 0.657. The van der Waals surface area contributed by atoms with Gasteiger partial charge in [-0.25, -0.2) is 0 Å². The van der Waals surface area contributed by atoms with E-state index in [2.05, 4.69) is 0 Å². The molecule has 0 amide bonds. The number of halogens is 2. The van der Waals surface area contributed by atoms with Crippen LogP contribution in [0.2, 0.25) is 0 Å².